The number of nitrogens with zero attached hydrogens (tertiary/aromatic N) is 2. The first-order valence-corrected chi connectivity index (χ1v) is 6.70. The maximum Gasteiger partial charge on any atom is 0.168 e. The first-order valence-electron chi connectivity index (χ1n) is 6.70. The Morgan fingerprint density at radius 1 is 1.32 bits per heavy atom. The molecular formula is C14H20N4O. The summed E-state index contributed by atoms with van der Waals surface area (Å²) in [5.41, 5.74) is 0. The topological polar surface area (TPSA) is 62.8 Å². The number of ether oxygens (including phenoxy) is 1. The summed E-state index contributed by atoms with van der Waals surface area (Å²) in [6.07, 6.45) is 8.31. The Bertz CT molecular complexity index is 470. The number of anilines is 1. The van der Waals surface area contributed by atoms with Crippen LogP contribution in [0.1, 0.15) is 25.6 Å². The Kier molecular flexibility index (Phi) is 5.22. The lowest BCUT2D eigenvalue weighted by atomic mass is 10.3. The predicted octanol–water partition coefficient (Wildman–Crippen LogP) is 2.64. The van der Waals surface area contributed by atoms with Crippen LogP contribution in [0.3, 0.4) is 0 Å². The molecule has 0 aliphatic carbocycles. The van der Waals surface area contributed by atoms with E-state index in [0.717, 1.165) is 43.2 Å². The molecule has 0 radical (unpaired) electrons. The molecule has 0 fully saturated rings. The molecule has 2 N–H and O–H groups in total. The number of aryl methyl sites for hydroxylation is 1. The van der Waals surface area contributed by atoms with E-state index in [1.54, 1.807) is 12.4 Å². The van der Waals surface area contributed by atoms with Gasteiger partial charge in [-0.3, -0.25) is 0 Å². The number of pyridine rings is 1. The molecule has 0 spiro atoms. The van der Waals surface area contributed by atoms with Gasteiger partial charge in [-0.2, -0.15) is 0 Å². The van der Waals surface area contributed by atoms with Crippen LogP contribution in [0.25, 0.3) is 0 Å². The highest BCUT2D eigenvalue weighted by atomic mass is 16.5. The van der Waals surface area contributed by atoms with Crippen molar-refractivity contribution in [3.05, 3.63) is 36.5 Å². The van der Waals surface area contributed by atoms with Crippen molar-refractivity contribution in [3.8, 4) is 5.75 Å². The first kappa shape index (κ1) is 13.4. The van der Waals surface area contributed by atoms with E-state index in [-0.39, 0.29) is 0 Å². The van der Waals surface area contributed by atoms with Gasteiger partial charge < -0.3 is 15.0 Å². The summed E-state index contributed by atoms with van der Waals surface area (Å²) in [6.45, 7) is 3.65. The summed E-state index contributed by atoms with van der Waals surface area (Å²) in [5, 5.41) is 3.31. The standard InChI is InChI=1S/C14H20N4O/c1-2-11-19-12-5-3-7-17-14(12)18-8-4-6-13-15-9-10-16-13/h3,5,7,9-10H,2,4,6,8,11H2,1H3,(H,15,16)(H,17,18). The highest BCUT2D eigenvalue weighted by Crippen LogP contribution is 2.20. The minimum absolute atomic E-state index is 0.715. The van der Waals surface area contributed by atoms with E-state index in [4.69, 9.17) is 4.74 Å². The summed E-state index contributed by atoms with van der Waals surface area (Å²) < 4.78 is 5.65. The molecule has 0 aromatic carbocycles. The fourth-order valence-electron chi connectivity index (χ4n) is 1.75. The van der Waals surface area contributed by atoms with Gasteiger partial charge in [-0.25, -0.2) is 9.97 Å². The smallest absolute Gasteiger partial charge is 0.168 e. The van der Waals surface area contributed by atoms with Crippen molar-refractivity contribution >= 4 is 5.82 Å². The molecular weight excluding hydrogens is 240 g/mol. The summed E-state index contributed by atoms with van der Waals surface area (Å²) in [5.74, 6) is 2.66. The number of rotatable bonds is 8. The molecule has 0 aliphatic heterocycles. The fraction of sp³-hybridized carbons (Fsp3) is 0.429. The molecule has 2 aromatic heterocycles. The normalized spacial score (nSPS) is 10.4. The maximum absolute atomic E-state index is 5.65. The van der Waals surface area contributed by atoms with Gasteiger partial charge >= 0.3 is 0 Å². The second kappa shape index (κ2) is 7.41. The molecule has 2 heterocycles. The lowest BCUT2D eigenvalue weighted by Gasteiger charge is -2.11. The van der Waals surface area contributed by atoms with Gasteiger partial charge in [-0.1, -0.05) is 6.92 Å². The number of H-pyrrole nitrogens is 1. The van der Waals surface area contributed by atoms with Gasteiger partial charge in [0.2, 0.25) is 0 Å². The van der Waals surface area contributed by atoms with E-state index in [2.05, 4.69) is 27.2 Å². The first-order chi connectivity index (χ1) is 9.40. The van der Waals surface area contributed by atoms with Crippen molar-refractivity contribution in [3.63, 3.8) is 0 Å². The monoisotopic (exact) mass is 260 g/mol. The van der Waals surface area contributed by atoms with Crippen LogP contribution in [0.5, 0.6) is 5.75 Å². The summed E-state index contributed by atoms with van der Waals surface area (Å²) in [7, 11) is 0. The van der Waals surface area contributed by atoms with Crippen LogP contribution in [0, 0.1) is 0 Å². The number of aromatic amines is 1. The van der Waals surface area contributed by atoms with E-state index >= 15 is 0 Å². The molecule has 0 unspecified atom stereocenters. The van der Waals surface area contributed by atoms with Gasteiger partial charge in [0.05, 0.1) is 6.61 Å². The Hall–Kier alpha value is -2.04. The molecule has 0 saturated carbocycles. The predicted molar refractivity (Wildman–Crippen MR) is 75.4 cm³/mol. The third kappa shape index (κ3) is 4.28. The zero-order chi connectivity index (χ0) is 13.3. The zero-order valence-electron chi connectivity index (χ0n) is 11.2. The maximum atomic E-state index is 5.65. The molecule has 0 amide bonds. The van der Waals surface area contributed by atoms with Crippen LogP contribution in [-0.2, 0) is 6.42 Å². The molecule has 5 heteroatoms. The molecule has 0 aliphatic rings. The summed E-state index contributed by atoms with van der Waals surface area (Å²) >= 11 is 0. The zero-order valence-corrected chi connectivity index (χ0v) is 11.2. The van der Waals surface area contributed by atoms with Crippen molar-refractivity contribution < 1.29 is 4.74 Å². The van der Waals surface area contributed by atoms with E-state index in [1.165, 1.54) is 0 Å². The van der Waals surface area contributed by atoms with Gasteiger partial charge in [-0.05, 0) is 25.0 Å². The van der Waals surface area contributed by atoms with Crippen LogP contribution >= 0.6 is 0 Å². The highest BCUT2D eigenvalue weighted by molar-refractivity contribution is 5.49. The van der Waals surface area contributed by atoms with E-state index in [1.807, 2.05) is 18.3 Å². The van der Waals surface area contributed by atoms with Gasteiger partial charge in [-0.15, -0.1) is 0 Å². The SMILES string of the molecule is CCCOc1cccnc1NCCCc1ncc[nH]1. The fourth-order valence-corrected chi connectivity index (χ4v) is 1.75. The van der Waals surface area contributed by atoms with Gasteiger partial charge in [0.15, 0.2) is 11.6 Å². The van der Waals surface area contributed by atoms with E-state index < -0.39 is 0 Å². The third-order valence-electron chi connectivity index (χ3n) is 2.67. The van der Waals surface area contributed by atoms with Crippen LogP contribution in [0.2, 0.25) is 0 Å². The van der Waals surface area contributed by atoms with Crippen molar-refractivity contribution in [2.24, 2.45) is 0 Å². The number of aromatic nitrogens is 3. The summed E-state index contributed by atoms with van der Waals surface area (Å²) in [4.78, 5) is 11.6. The van der Waals surface area contributed by atoms with Crippen molar-refractivity contribution in [1.82, 2.24) is 15.0 Å². The van der Waals surface area contributed by atoms with Gasteiger partial charge in [0.25, 0.3) is 0 Å². The largest absolute Gasteiger partial charge is 0.490 e. The van der Waals surface area contributed by atoms with Crippen molar-refractivity contribution in [2.75, 3.05) is 18.5 Å². The Morgan fingerprint density at radius 2 is 2.26 bits per heavy atom. The molecule has 0 atom stereocenters. The van der Waals surface area contributed by atoms with Crippen LogP contribution in [0.4, 0.5) is 5.82 Å². The Labute approximate surface area is 113 Å². The van der Waals surface area contributed by atoms with Crippen LogP contribution in [0.15, 0.2) is 30.7 Å². The minimum Gasteiger partial charge on any atom is -0.490 e. The van der Waals surface area contributed by atoms with Crippen LogP contribution < -0.4 is 10.1 Å². The summed E-state index contributed by atoms with van der Waals surface area (Å²) in [6, 6.07) is 3.83. The average molecular weight is 260 g/mol. The molecule has 19 heavy (non-hydrogen) atoms. The lowest BCUT2D eigenvalue weighted by molar-refractivity contribution is 0.318. The second-order valence-corrected chi connectivity index (χ2v) is 4.26. The number of nitrogens with one attached hydrogen (secondary N) is 2. The van der Waals surface area contributed by atoms with Crippen molar-refractivity contribution in [2.45, 2.75) is 26.2 Å². The number of hydrogen-bond donors (Lipinski definition) is 2. The van der Waals surface area contributed by atoms with Gasteiger partial charge in [0, 0.05) is 31.6 Å². The molecule has 2 rings (SSSR count). The molecule has 0 saturated heterocycles. The Morgan fingerprint density at radius 3 is 3.05 bits per heavy atom. The quantitative estimate of drug-likeness (QED) is 0.716. The average Bonchev–Trinajstić information content (AvgIpc) is 2.95. The molecule has 2 aromatic rings. The van der Waals surface area contributed by atoms with Gasteiger partial charge in [0.1, 0.15) is 5.82 Å². The third-order valence-corrected chi connectivity index (χ3v) is 2.67. The molecule has 5 nitrogen and oxygen atoms in total. The lowest BCUT2D eigenvalue weighted by Crippen LogP contribution is -2.07. The number of imidazole rings is 1. The Balaban J connectivity index is 1.78. The molecule has 102 valence electrons. The number of hydrogen-bond acceptors (Lipinski definition) is 4. The van der Waals surface area contributed by atoms with E-state index in [0.29, 0.717) is 6.61 Å². The minimum atomic E-state index is 0.715. The highest BCUT2D eigenvalue weighted by Gasteiger charge is 2.03. The van der Waals surface area contributed by atoms with E-state index in [9.17, 15) is 0 Å². The van der Waals surface area contributed by atoms with Crippen LogP contribution in [-0.4, -0.2) is 28.1 Å². The van der Waals surface area contributed by atoms with Crippen molar-refractivity contribution in [1.29, 1.82) is 0 Å². The second-order valence-electron chi connectivity index (χ2n) is 4.26. The molecule has 0 bridgehead atoms.